The molecule has 1 saturated carbocycles. The Bertz CT molecular complexity index is 486. The Morgan fingerprint density at radius 3 is 2.79 bits per heavy atom. The van der Waals surface area contributed by atoms with Gasteiger partial charge in [0.25, 0.3) is 0 Å². The Balaban J connectivity index is 2.10. The maximum Gasteiger partial charge on any atom is 0.324 e. The quantitative estimate of drug-likeness (QED) is 0.875. The predicted molar refractivity (Wildman–Crippen MR) is 73.6 cm³/mol. The summed E-state index contributed by atoms with van der Waals surface area (Å²) >= 11 is 0. The van der Waals surface area contributed by atoms with Crippen LogP contribution in [0, 0.1) is 13.8 Å². The lowest BCUT2D eigenvalue weighted by atomic mass is 9.98. The second kappa shape index (κ2) is 5.21. The lowest BCUT2D eigenvalue weighted by Gasteiger charge is -2.23. The Morgan fingerprint density at radius 2 is 2.21 bits per heavy atom. The van der Waals surface area contributed by atoms with E-state index in [1.165, 1.54) is 0 Å². The van der Waals surface area contributed by atoms with E-state index >= 15 is 0 Å². The van der Waals surface area contributed by atoms with Crippen molar-refractivity contribution in [2.75, 3.05) is 7.05 Å². The van der Waals surface area contributed by atoms with E-state index in [4.69, 9.17) is 4.74 Å². The molecule has 2 N–H and O–H groups in total. The number of rotatable bonds is 4. The van der Waals surface area contributed by atoms with E-state index in [0.29, 0.717) is 12.8 Å². The van der Waals surface area contributed by atoms with Gasteiger partial charge in [0, 0.05) is 6.42 Å². The number of carboxylic acids is 1. The van der Waals surface area contributed by atoms with E-state index in [2.05, 4.69) is 5.32 Å². The van der Waals surface area contributed by atoms with Gasteiger partial charge in [-0.15, -0.1) is 0 Å². The second-order valence-corrected chi connectivity index (χ2v) is 5.39. The fraction of sp³-hybridized carbons (Fsp3) is 0.533. The van der Waals surface area contributed by atoms with Crippen molar-refractivity contribution in [3.8, 4) is 5.75 Å². The SMILES string of the molecule is CNC1(C(=O)O)CCC(Oc2cc(C)ccc2C)C1. The summed E-state index contributed by atoms with van der Waals surface area (Å²) < 4.78 is 5.99. The van der Waals surface area contributed by atoms with Gasteiger partial charge in [-0.05, 0) is 50.9 Å². The average molecular weight is 263 g/mol. The van der Waals surface area contributed by atoms with Crippen LogP contribution >= 0.6 is 0 Å². The first-order chi connectivity index (χ1) is 8.97. The molecule has 4 heteroatoms. The zero-order valence-corrected chi connectivity index (χ0v) is 11.7. The third-order valence-electron chi connectivity index (χ3n) is 3.99. The highest BCUT2D eigenvalue weighted by Crippen LogP contribution is 2.33. The van der Waals surface area contributed by atoms with E-state index in [0.717, 1.165) is 23.3 Å². The Labute approximate surface area is 113 Å². The molecule has 0 heterocycles. The maximum absolute atomic E-state index is 11.4. The summed E-state index contributed by atoms with van der Waals surface area (Å²) in [6.45, 7) is 4.03. The first-order valence-electron chi connectivity index (χ1n) is 6.63. The highest BCUT2D eigenvalue weighted by atomic mass is 16.5. The third kappa shape index (κ3) is 2.73. The molecule has 1 aliphatic carbocycles. The Hall–Kier alpha value is -1.55. The molecule has 1 fully saturated rings. The molecular formula is C15H21NO3. The van der Waals surface area contributed by atoms with Crippen molar-refractivity contribution in [3.63, 3.8) is 0 Å². The second-order valence-electron chi connectivity index (χ2n) is 5.39. The molecule has 0 saturated heterocycles. The molecule has 1 aromatic carbocycles. The first kappa shape index (κ1) is 13.9. The van der Waals surface area contributed by atoms with Gasteiger partial charge < -0.3 is 15.2 Å². The van der Waals surface area contributed by atoms with Crippen molar-refractivity contribution >= 4 is 5.97 Å². The van der Waals surface area contributed by atoms with E-state index in [-0.39, 0.29) is 6.10 Å². The smallest absolute Gasteiger partial charge is 0.324 e. The zero-order chi connectivity index (χ0) is 14.0. The van der Waals surface area contributed by atoms with Crippen LogP contribution in [0.15, 0.2) is 18.2 Å². The van der Waals surface area contributed by atoms with E-state index in [1.54, 1.807) is 7.05 Å². The number of benzene rings is 1. The van der Waals surface area contributed by atoms with Crippen LogP contribution in [0.3, 0.4) is 0 Å². The number of carbonyl (C=O) groups is 1. The van der Waals surface area contributed by atoms with E-state index in [9.17, 15) is 9.90 Å². The van der Waals surface area contributed by atoms with E-state index < -0.39 is 11.5 Å². The number of hydrogen-bond donors (Lipinski definition) is 2. The van der Waals surface area contributed by atoms with Crippen molar-refractivity contribution in [2.45, 2.75) is 44.8 Å². The van der Waals surface area contributed by atoms with Gasteiger partial charge in [-0.25, -0.2) is 0 Å². The molecule has 0 aliphatic heterocycles. The average Bonchev–Trinajstić information content (AvgIpc) is 2.79. The van der Waals surface area contributed by atoms with Crippen LogP contribution in [0.1, 0.15) is 30.4 Å². The lowest BCUT2D eigenvalue weighted by Crippen LogP contribution is -2.48. The maximum atomic E-state index is 11.4. The molecular weight excluding hydrogens is 242 g/mol. The van der Waals surface area contributed by atoms with Crippen LogP contribution in [0.2, 0.25) is 0 Å². The monoisotopic (exact) mass is 263 g/mol. The van der Waals surface area contributed by atoms with Crippen LogP contribution in [0.4, 0.5) is 0 Å². The largest absolute Gasteiger partial charge is 0.490 e. The molecule has 2 unspecified atom stereocenters. The van der Waals surface area contributed by atoms with Gasteiger partial charge in [-0.2, -0.15) is 0 Å². The summed E-state index contributed by atoms with van der Waals surface area (Å²) in [6, 6.07) is 6.09. The van der Waals surface area contributed by atoms with Crippen LogP contribution in [-0.2, 0) is 4.79 Å². The fourth-order valence-electron chi connectivity index (χ4n) is 2.64. The lowest BCUT2D eigenvalue weighted by molar-refractivity contribution is -0.144. The van der Waals surface area contributed by atoms with Crippen molar-refractivity contribution in [2.24, 2.45) is 0 Å². The first-order valence-corrected chi connectivity index (χ1v) is 6.63. The number of carboxylic acid groups (broad SMARTS) is 1. The van der Waals surface area contributed by atoms with Crippen LogP contribution in [0.25, 0.3) is 0 Å². The molecule has 2 rings (SSSR count). The zero-order valence-electron chi connectivity index (χ0n) is 11.7. The molecule has 0 aromatic heterocycles. The normalized spacial score (nSPS) is 26.4. The minimum Gasteiger partial charge on any atom is -0.490 e. The molecule has 0 spiro atoms. The highest BCUT2D eigenvalue weighted by Gasteiger charge is 2.45. The van der Waals surface area contributed by atoms with Crippen molar-refractivity contribution in [3.05, 3.63) is 29.3 Å². The van der Waals surface area contributed by atoms with Gasteiger partial charge in [0.15, 0.2) is 0 Å². The number of ether oxygens (including phenoxy) is 1. The molecule has 19 heavy (non-hydrogen) atoms. The molecule has 0 amide bonds. The van der Waals surface area contributed by atoms with Crippen molar-refractivity contribution in [1.29, 1.82) is 0 Å². The Morgan fingerprint density at radius 1 is 1.47 bits per heavy atom. The van der Waals surface area contributed by atoms with Gasteiger partial charge >= 0.3 is 5.97 Å². The minimum absolute atomic E-state index is 0.0379. The summed E-state index contributed by atoms with van der Waals surface area (Å²) in [5.41, 5.74) is 1.40. The number of hydrogen-bond acceptors (Lipinski definition) is 3. The topological polar surface area (TPSA) is 58.6 Å². The molecule has 2 atom stereocenters. The minimum atomic E-state index is -0.831. The highest BCUT2D eigenvalue weighted by molar-refractivity contribution is 5.79. The van der Waals surface area contributed by atoms with Crippen LogP contribution in [-0.4, -0.2) is 29.8 Å². The molecule has 104 valence electrons. The molecule has 4 nitrogen and oxygen atoms in total. The molecule has 0 bridgehead atoms. The summed E-state index contributed by atoms with van der Waals surface area (Å²) in [5.74, 6) is 0.0735. The van der Waals surface area contributed by atoms with Crippen LogP contribution in [0.5, 0.6) is 5.75 Å². The summed E-state index contributed by atoms with van der Waals surface area (Å²) in [4.78, 5) is 11.4. The van der Waals surface area contributed by atoms with E-state index in [1.807, 2.05) is 32.0 Å². The summed E-state index contributed by atoms with van der Waals surface area (Å²) in [5, 5.41) is 12.3. The van der Waals surface area contributed by atoms with Crippen molar-refractivity contribution < 1.29 is 14.6 Å². The van der Waals surface area contributed by atoms with Gasteiger partial charge in [-0.3, -0.25) is 4.79 Å². The summed E-state index contributed by atoms with van der Waals surface area (Å²) in [6.07, 6.45) is 1.84. The van der Waals surface area contributed by atoms with Gasteiger partial charge in [0.2, 0.25) is 0 Å². The molecule has 1 aliphatic rings. The van der Waals surface area contributed by atoms with Gasteiger partial charge in [0.1, 0.15) is 17.4 Å². The fourth-order valence-corrected chi connectivity index (χ4v) is 2.64. The van der Waals surface area contributed by atoms with Crippen molar-refractivity contribution in [1.82, 2.24) is 5.32 Å². The third-order valence-corrected chi connectivity index (χ3v) is 3.99. The standard InChI is InChI=1S/C15H21NO3/c1-10-4-5-11(2)13(8-10)19-12-6-7-15(9-12,16-3)14(17)18/h4-5,8,12,16H,6-7,9H2,1-3H3,(H,17,18). The van der Waals surface area contributed by atoms with Gasteiger partial charge in [-0.1, -0.05) is 12.1 Å². The molecule has 0 radical (unpaired) electrons. The number of likely N-dealkylation sites (N-methyl/N-ethyl adjacent to an activating group) is 1. The van der Waals surface area contributed by atoms with Gasteiger partial charge in [0.05, 0.1) is 0 Å². The predicted octanol–water partition coefficient (Wildman–Crippen LogP) is 2.28. The Kier molecular flexibility index (Phi) is 3.80. The molecule has 1 aromatic rings. The number of aryl methyl sites for hydroxylation is 2. The van der Waals surface area contributed by atoms with Crippen LogP contribution < -0.4 is 10.1 Å². The number of nitrogens with one attached hydrogen (secondary N) is 1. The number of aliphatic carboxylic acids is 1. The summed E-state index contributed by atoms with van der Waals surface area (Å²) in [7, 11) is 1.70.